The quantitative estimate of drug-likeness (QED) is 0.652. The van der Waals surface area contributed by atoms with Gasteiger partial charge in [0.05, 0.1) is 11.0 Å². The standard InChI is InChI=1S/C18H22N2O4S/c1-18(2,3)9-15-19-13-8-12(16(17(21)22)25(23)24)6-7-14(13)20(15)10-11-4-5-11/h6-8,11H,4-5,9-10H2,1-3H3,(H,21,22). The van der Waals surface area contributed by atoms with Crippen LogP contribution in [0, 0.1) is 11.3 Å². The molecule has 1 N–H and O–H groups in total. The molecule has 0 aliphatic heterocycles. The average molecular weight is 362 g/mol. The van der Waals surface area contributed by atoms with Gasteiger partial charge >= 0.3 is 5.97 Å². The fraction of sp³-hybridized carbons (Fsp3) is 0.500. The smallest absolute Gasteiger partial charge is 0.352 e. The maximum absolute atomic E-state index is 11.2. The zero-order valence-corrected chi connectivity index (χ0v) is 15.4. The van der Waals surface area contributed by atoms with Crippen LogP contribution in [0.5, 0.6) is 0 Å². The molecule has 0 amide bonds. The minimum Gasteiger partial charge on any atom is -0.477 e. The number of carboxylic acid groups (broad SMARTS) is 1. The molecule has 0 atom stereocenters. The molecular weight excluding hydrogens is 340 g/mol. The second-order valence-electron chi connectivity index (χ2n) is 7.89. The molecule has 1 aliphatic rings. The van der Waals surface area contributed by atoms with Crippen molar-refractivity contribution < 1.29 is 18.3 Å². The van der Waals surface area contributed by atoms with E-state index in [4.69, 9.17) is 10.1 Å². The maximum atomic E-state index is 11.2. The monoisotopic (exact) mass is 362 g/mol. The van der Waals surface area contributed by atoms with Gasteiger partial charge in [-0.3, -0.25) is 0 Å². The van der Waals surface area contributed by atoms with Gasteiger partial charge < -0.3 is 9.67 Å². The molecule has 1 aromatic heterocycles. The third-order valence-electron chi connectivity index (χ3n) is 4.28. The van der Waals surface area contributed by atoms with E-state index in [9.17, 15) is 13.2 Å². The van der Waals surface area contributed by atoms with Crippen LogP contribution in [-0.2, 0) is 28.1 Å². The molecule has 0 spiro atoms. The van der Waals surface area contributed by atoms with E-state index >= 15 is 0 Å². The lowest BCUT2D eigenvalue weighted by atomic mass is 9.92. The number of rotatable bonds is 5. The first-order valence-electron chi connectivity index (χ1n) is 8.35. The first kappa shape index (κ1) is 17.7. The van der Waals surface area contributed by atoms with E-state index in [0.29, 0.717) is 11.4 Å². The van der Waals surface area contributed by atoms with Crippen LogP contribution in [0.2, 0.25) is 0 Å². The SMILES string of the molecule is CC(C)(C)Cc1nc2cc(C(C(=O)O)=S(=O)=O)ccc2n1CC1CC1. The van der Waals surface area contributed by atoms with E-state index in [1.807, 2.05) is 0 Å². The normalized spacial score (nSPS) is 14.7. The maximum Gasteiger partial charge on any atom is 0.352 e. The number of hydrogen-bond acceptors (Lipinski definition) is 4. The Balaban J connectivity index is 2.14. The zero-order chi connectivity index (χ0) is 18.4. The highest BCUT2D eigenvalue weighted by molar-refractivity contribution is 7.75. The van der Waals surface area contributed by atoms with Gasteiger partial charge in [-0.2, -0.15) is 8.42 Å². The van der Waals surface area contributed by atoms with Crippen molar-refractivity contribution in [1.29, 1.82) is 0 Å². The summed E-state index contributed by atoms with van der Waals surface area (Å²) in [6.07, 6.45) is 3.24. The third-order valence-corrected chi connectivity index (χ3v) is 5.02. The lowest BCUT2D eigenvalue weighted by Gasteiger charge is -2.18. The molecule has 1 saturated carbocycles. The zero-order valence-electron chi connectivity index (χ0n) is 14.6. The van der Waals surface area contributed by atoms with Crippen molar-refractivity contribution in [2.45, 2.75) is 46.6 Å². The number of fused-ring (bicyclic) bond motifs is 1. The van der Waals surface area contributed by atoms with Gasteiger partial charge in [-0.05, 0) is 36.3 Å². The molecule has 1 aromatic carbocycles. The summed E-state index contributed by atoms with van der Waals surface area (Å²) in [5.41, 5.74) is 1.80. The lowest BCUT2D eigenvalue weighted by Crippen LogP contribution is -2.15. The summed E-state index contributed by atoms with van der Waals surface area (Å²) < 4.78 is 24.7. The summed E-state index contributed by atoms with van der Waals surface area (Å²) in [7, 11) is -2.81. The molecule has 3 rings (SSSR count). The Kier molecular flexibility index (Phi) is 4.45. The predicted octanol–water partition coefficient (Wildman–Crippen LogP) is 2.52. The highest BCUT2D eigenvalue weighted by atomic mass is 32.2. The summed E-state index contributed by atoms with van der Waals surface area (Å²) in [6, 6.07) is 4.89. The second-order valence-corrected chi connectivity index (χ2v) is 8.77. The summed E-state index contributed by atoms with van der Waals surface area (Å²) in [5, 5.41) is 9.15. The van der Waals surface area contributed by atoms with Crippen molar-refractivity contribution in [3.63, 3.8) is 0 Å². The second kappa shape index (κ2) is 6.29. The Labute approximate surface area is 148 Å². The Bertz CT molecular complexity index is 968. The number of carbonyl (C=O) groups is 1. The molecule has 0 saturated heterocycles. The first-order chi connectivity index (χ1) is 11.7. The molecule has 25 heavy (non-hydrogen) atoms. The first-order valence-corrected chi connectivity index (χ1v) is 9.42. The highest BCUT2D eigenvalue weighted by Crippen LogP contribution is 2.33. The number of aliphatic carboxylic acids is 1. The molecule has 0 bridgehead atoms. The van der Waals surface area contributed by atoms with E-state index < -0.39 is 21.1 Å². The number of benzene rings is 1. The molecule has 1 heterocycles. The van der Waals surface area contributed by atoms with Gasteiger partial charge in [0.25, 0.3) is 0 Å². The largest absolute Gasteiger partial charge is 0.477 e. The van der Waals surface area contributed by atoms with Crippen LogP contribution in [0.4, 0.5) is 0 Å². The molecule has 2 aromatic rings. The van der Waals surface area contributed by atoms with Crippen molar-refractivity contribution in [3.05, 3.63) is 29.6 Å². The minimum atomic E-state index is -2.81. The summed E-state index contributed by atoms with van der Waals surface area (Å²) in [6.45, 7) is 7.35. The van der Waals surface area contributed by atoms with Gasteiger partial charge in [-0.15, -0.1) is 0 Å². The topological polar surface area (TPSA) is 89.3 Å². The summed E-state index contributed by atoms with van der Waals surface area (Å²) in [5.74, 6) is 0.178. The summed E-state index contributed by atoms with van der Waals surface area (Å²) >= 11 is 0. The number of carboxylic acids is 1. The predicted molar refractivity (Wildman–Crippen MR) is 96.3 cm³/mol. The minimum absolute atomic E-state index is 0.0698. The van der Waals surface area contributed by atoms with Crippen LogP contribution < -0.4 is 0 Å². The molecule has 0 unspecified atom stereocenters. The van der Waals surface area contributed by atoms with Crippen molar-refractivity contribution >= 4 is 32.2 Å². The van der Waals surface area contributed by atoms with E-state index in [1.54, 1.807) is 18.2 Å². The van der Waals surface area contributed by atoms with Gasteiger partial charge in [0.2, 0.25) is 10.3 Å². The summed E-state index contributed by atoms with van der Waals surface area (Å²) in [4.78, 5) is 15.3. The van der Waals surface area contributed by atoms with Gasteiger partial charge in [0, 0.05) is 18.5 Å². The van der Waals surface area contributed by atoms with Crippen LogP contribution in [-0.4, -0.2) is 33.9 Å². The van der Waals surface area contributed by atoms with Gasteiger partial charge in [0.1, 0.15) is 5.82 Å². The van der Waals surface area contributed by atoms with E-state index in [-0.39, 0.29) is 11.0 Å². The Morgan fingerprint density at radius 1 is 1.32 bits per heavy atom. The molecule has 6 nitrogen and oxygen atoms in total. The third kappa shape index (κ3) is 3.92. The van der Waals surface area contributed by atoms with Crippen molar-refractivity contribution in [3.8, 4) is 0 Å². The molecular formula is C18H22N2O4S. The number of aromatic nitrogens is 2. The molecule has 1 aliphatic carbocycles. The average Bonchev–Trinajstić information content (AvgIpc) is 3.21. The van der Waals surface area contributed by atoms with Crippen LogP contribution in [0.25, 0.3) is 11.0 Å². The number of nitrogens with zero attached hydrogens (tertiary/aromatic N) is 2. The fourth-order valence-electron chi connectivity index (χ4n) is 2.98. The van der Waals surface area contributed by atoms with E-state index in [1.165, 1.54) is 12.8 Å². The van der Waals surface area contributed by atoms with E-state index in [2.05, 4.69) is 25.3 Å². The van der Waals surface area contributed by atoms with Crippen molar-refractivity contribution in [2.75, 3.05) is 0 Å². The number of imidazole rings is 1. The van der Waals surface area contributed by atoms with Crippen LogP contribution in [0.1, 0.15) is 45.0 Å². The van der Waals surface area contributed by atoms with Gasteiger partial charge in [-0.1, -0.05) is 26.8 Å². The van der Waals surface area contributed by atoms with Gasteiger partial charge in [-0.25, -0.2) is 9.78 Å². The highest BCUT2D eigenvalue weighted by Gasteiger charge is 2.26. The molecule has 134 valence electrons. The van der Waals surface area contributed by atoms with Crippen LogP contribution >= 0.6 is 0 Å². The Hall–Kier alpha value is -2.15. The molecule has 0 radical (unpaired) electrons. The van der Waals surface area contributed by atoms with Crippen LogP contribution in [0.15, 0.2) is 18.2 Å². The lowest BCUT2D eigenvalue weighted by molar-refractivity contribution is -0.129. The Morgan fingerprint density at radius 3 is 2.52 bits per heavy atom. The fourth-order valence-corrected chi connectivity index (χ4v) is 3.45. The van der Waals surface area contributed by atoms with E-state index in [0.717, 1.165) is 24.3 Å². The Morgan fingerprint density at radius 2 is 2.00 bits per heavy atom. The molecule has 7 heteroatoms. The van der Waals surface area contributed by atoms with Crippen molar-refractivity contribution in [1.82, 2.24) is 9.55 Å². The number of hydrogen-bond donors (Lipinski definition) is 1. The van der Waals surface area contributed by atoms with Crippen molar-refractivity contribution in [2.24, 2.45) is 11.3 Å². The van der Waals surface area contributed by atoms with Crippen LogP contribution in [0.3, 0.4) is 0 Å². The molecule has 1 fully saturated rings. The van der Waals surface area contributed by atoms with Gasteiger partial charge in [0.15, 0.2) is 4.86 Å².